The second-order valence-electron chi connectivity index (χ2n) is 15.7. The van der Waals surface area contributed by atoms with Gasteiger partial charge in [-0.3, -0.25) is 19.7 Å². The van der Waals surface area contributed by atoms with Crippen molar-refractivity contribution in [3.63, 3.8) is 0 Å². The third-order valence-corrected chi connectivity index (χ3v) is 16.1. The summed E-state index contributed by atoms with van der Waals surface area (Å²) in [5, 5.41) is 46.1. The van der Waals surface area contributed by atoms with Crippen molar-refractivity contribution in [2.45, 2.75) is 58.1 Å². The van der Waals surface area contributed by atoms with Gasteiger partial charge in [0.15, 0.2) is 11.6 Å². The Bertz CT molecular complexity index is 2130. The molecular weight excluding hydrogens is 732 g/mol. The van der Waals surface area contributed by atoms with Crippen molar-refractivity contribution in [1.82, 2.24) is 0 Å². The first-order valence-corrected chi connectivity index (χ1v) is 20.6. The molecule has 12 heteroatoms. The molecule has 4 aromatic carbocycles. The van der Waals surface area contributed by atoms with E-state index in [9.17, 15) is 39.4 Å². The zero-order valence-corrected chi connectivity index (χ0v) is 32.9. The highest BCUT2D eigenvalue weighted by atomic mass is 28.4. The van der Waals surface area contributed by atoms with Gasteiger partial charge in [0.05, 0.1) is 41.8 Å². The molecule has 1 saturated heterocycles. The molecular formula is C44H47FN2O8Si. The number of carbonyl (C=O) groups excluding carboxylic acids is 2. The summed E-state index contributed by atoms with van der Waals surface area (Å²) in [6.45, 7) is 7.74. The van der Waals surface area contributed by atoms with Gasteiger partial charge >= 0.3 is 0 Å². The number of anilines is 1. The Morgan fingerprint density at radius 2 is 1.62 bits per heavy atom. The molecule has 10 nitrogen and oxygen atoms in total. The molecule has 1 aliphatic carbocycles. The van der Waals surface area contributed by atoms with Crippen molar-refractivity contribution in [3.05, 3.63) is 141 Å². The number of rotatable bonds is 13. The van der Waals surface area contributed by atoms with Gasteiger partial charge in [0.1, 0.15) is 0 Å². The monoisotopic (exact) mass is 778 g/mol. The van der Waals surface area contributed by atoms with Crippen LogP contribution >= 0.6 is 0 Å². The Kier molecular flexibility index (Phi) is 11.9. The molecule has 1 aliphatic heterocycles. The van der Waals surface area contributed by atoms with Crippen molar-refractivity contribution in [2.75, 3.05) is 18.1 Å². The van der Waals surface area contributed by atoms with E-state index in [1.54, 1.807) is 12.1 Å². The van der Waals surface area contributed by atoms with Crippen LogP contribution in [0.5, 0.6) is 5.75 Å². The molecule has 3 N–H and O–H groups in total. The van der Waals surface area contributed by atoms with Crippen LogP contribution in [-0.2, 0) is 14.0 Å². The largest absolute Gasteiger partial charge is 0.505 e. The Hall–Kier alpha value is -5.27. The smallest absolute Gasteiger partial charge is 0.271 e. The molecule has 0 spiro atoms. The first kappa shape index (κ1) is 40.4. The fourth-order valence-electron chi connectivity index (χ4n) is 8.54. The summed E-state index contributed by atoms with van der Waals surface area (Å²) in [4.78, 5) is 40.5. The van der Waals surface area contributed by atoms with Crippen LogP contribution < -0.4 is 15.3 Å². The molecule has 4 aromatic rings. The number of imide groups is 1. The number of hydrogen-bond donors (Lipinski definition) is 3. The quantitative estimate of drug-likeness (QED) is 0.0448. The topological polar surface area (TPSA) is 150 Å². The number of carbonyl (C=O) groups is 2. The SMILES string of the molecule is C/C(=C\c1ccc(O)c(F)c1)CC[C@@H](O)C1=C(CO[Si](c2ccccc2)(c2ccccc2)C(C)(C)C)C[C@H]2C(=O)N(c3cccc([N+](=O)[O-])c3)C(=O)[C@H]2[C@H]1CO. The number of non-ortho nitro benzene ring substituents is 1. The van der Waals surface area contributed by atoms with Gasteiger partial charge < -0.3 is 19.7 Å². The van der Waals surface area contributed by atoms with E-state index in [2.05, 4.69) is 45.0 Å². The van der Waals surface area contributed by atoms with E-state index >= 15 is 0 Å². The summed E-state index contributed by atoms with van der Waals surface area (Å²) in [5.41, 5.74) is 2.21. The first-order chi connectivity index (χ1) is 26.7. The van der Waals surface area contributed by atoms with Crippen LogP contribution in [0.25, 0.3) is 6.08 Å². The normalized spacial score (nSPS) is 19.7. The van der Waals surface area contributed by atoms with Gasteiger partial charge in [0, 0.05) is 18.1 Å². The zero-order valence-electron chi connectivity index (χ0n) is 31.9. The second kappa shape index (κ2) is 16.4. The number of halogens is 1. The highest BCUT2D eigenvalue weighted by Crippen LogP contribution is 2.48. The van der Waals surface area contributed by atoms with E-state index < -0.39 is 72.1 Å². The van der Waals surface area contributed by atoms with E-state index in [1.165, 1.54) is 36.4 Å². The van der Waals surface area contributed by atoms with Crippen LogP contribution in [0.2, 0.25) is 5.04 Å². The highest BCUT2D eigenvalue weighted by Gasteiger charge is 2.56. The average Bonchev–Trinajstić information content (AvgIpc) is 3.43. The van der Waals surface area contributed by atoms with Crippen LogP contribution in [0.3, 0.4) is 0 Å². The number of phenolic OH excluding ortho intramolecular Hbond substituents is 1. The second-order valence-corrected chi connectivity index (χ2v) is 20.0. The molecule has 292 valence electrons. The predicted octanol–water partition coefficient (Wildman–Crippen LogP) is 6.68. The fraction of sp³-hybridized carbons (Fsp3) is 0.318. The van der Waals surface area contributed by atoms with Crippen LogP contribution in [0.4, 0.5) is 15.8 Å². The number of nitro benzene ring substituents is 1. The van der Waals surface area contributed by atoms with Crippen LogP contribution in [0.1, 0.15) is 52.5 Å². The minimum absolute atomic E-state index is 0.0132. The standard InChI is InChI=1S/C44H47FN2O8Si/c1-28(22-29-19-21-38(49)37(45)23-29)18-20-39(50)40-30(27-55-56(44(2,3)4,33-14-7-5-8-15-33)34-16-9-6-10-17-34)24-35-41(36(40)26-48)43(52)46(42(35)51)31-12-11-13-32(25-31)47(53)54/h5-17,19,21-23,25,35-36,39,41,48-50H,18,20,24,26-27H2,1-4H3/b28-22+/t35-,36+,39-,41-/m1/s1. The molecule has 1 heterocycles. The molecule has 0 saturated carbocycles. The number of aliphatic hydroxyl groups is 2. The van der Waals surface area contributed by atoms with Gasteiger partial charge in [0.25, 0.3) is 14.0 Å². The van der Waals surface area contributed by atoms with Crippen LogP contribution in [0.15, 0.2) is 120 Å². The lowest BCUT2D eigenvalue weighted by Gasteiger charge is -2.44. The van der Waals surface area contributed by atoms with E-state index in [0.29, 0.717) is 23.1 Å². The lowest BCUT2D eigenvalue weighted by molar-refractivity contribution is -0.384. The molecule has 0 radical (unpaired) electrons. The third kappa shape index (κ3) is 7.74. The fourth-order valence-corrected chi connectivity index (χ4v) is 13.1. The average molecular weight is 779 g/mol. The van der Waals surface area contributed by atoms with Crippen molar-refractivity contribution in [1.29, 1.82) is 0 Å². The molecule has 56 heavy (non-hydrogen) atoms. The molecule has 0 aromatic heterocycles. The molecule has 2 amide bonds. The number of phenols is 1. The minimum Gasteiger partial charge on any atom is -0.505 e. The molecule has 0 unspecified atom stereocenters. The van der Waals surface area contributed by atoms with Gasteiger partial charge in [0.2, 0.25) is 11.8 Å². The number of hydrogen-bond acceptors (Lipinski definition) is 8. The summed E-state index contributed by atoms with van der Waals surface area (Å²) in [6, 6.07) is 29.5. The van der Waals surface area contributed by atoms with Crippen molar-refractivity contribution in [2.24, 2.45) is 17.8 Å². The Morgan fingerprint density at radius 3 is 2.20 bits per heavy atom. The molecule has 1 fully saturated rings. The van der Waals surface area contributed by atoms with Gasteiger partial charge in [-0.05, 0) is 76.5 Å². The molecule has 6 rings (SSSR count). The van der Waals surface area contributed by atoms with Crippen LogP contribution in [-0.4, -0.2) is 59.7 Å². The predicted molar refractivity (Wildman–Crippen MR) is 215 cm³/mol. The third-order valence-electron chi connectivity index (χ3n) is 11.1. The van der Waals surface area contributed by atoms with Gasteiger partial charge in [-0.1, -0.05) is 105 Å². The lowest BCUT2D eigenvalue weighted by Crippen LogP contribution is -2.66. The van der Waals surface area contributed by atoms with E-state index in [4.69, 9.17) is 4.43 Å². The molecule has 0 bridgehead atoms. The number of nitro groups is 1. The number of allylic oxidation sites excluding steroid dienone is 1. The van der Waals surface area contributed by atoms with E-state index in [0.717, 1.165) is 20.8 Å². The summed E-state index contributed by atoms with van der Waals surface area (Å²) < 4.78 is 21.4. The van der Waals surface area contributed by atoms with Crippen LogP contribution in [0, 0.1) is 33.7 Å². The lowest BCUT2D eigenvalue weighted by atomic mass is 9.68. The number of benzene rings is 4. The Morgan fingerprint density at radius 1 is 0.982 bits per heavy atom. The first-order valence-electron chi connectivity index (χ1n) is 18.7. The summed E-state index contributed by atoms with van der Waals surface area (Å²) in [6.07, 6.45) is 1.23. The number of nitrogens with zero attached hydrogens (tertiary/aromatic N) is 2. The maximum absolute atomic E-state index is 14.3. The summed E-state index contributed by atoms with van der Waals surface area (Å²) in [7, 11) is -3.13. The van der Waals surface area contributed by atoms with Gasteiger partial charge in [-0.2, -0.15) is 0 Å². The minimum atomic E-state index is -3.13. The number of fused-ring (bicyclic) bond motifs is 1. The molecule has 2 aliphatic rings. The maximum Gasteiger partial charge on any atom is 0.271 e. The summed E-state index contributed by atoms with van der Waals surface area (Å²) in [5.74, 6) is -5.21. The van der Waals surface area contributed by atoms with Gasteiger partial charge in [-0.25, -0.2) is 9.29 Å². The van der Waals surface area contributed by atoms with Crippen molar-refractivity contribution >= 4 is 48.0 Å². The zero-order chi connectivity index (χ0) is 40.4. The van der Waals surface area contributed by atoms with E-state index in [1.807, 2.05) is 43.3 Å². The maximum atomic E-state index is 14.3. The van der Waals surface area contributed by atoms with Gasteiger partial charge in [-0.15, -0.1) is 0 Å². The molecule has 4 atom stereocenters. The van der Waals surface area contributed by atoms with Crippen molar-refractivity contribution < 1.29 is 38.6 Å². The summed E-state index contributed by atoms with van der Waals surface area (Å²) >= 11 is 0. The number of amides is 2. The number of aliphatic hydroxyl groups excluding tert-OH is 2. The van der Waals surface area contributed by atoms with Crippen molar-refractivity contribution in [3.8, 4) is 5.75 Å². The Balaban J connectivity index is 1.42. The highest BCUT2D eigenvalue weighted by molar-refractivity contribution is 6.99. The van der Waals surface area contributed by atoms with E-state index in [-0.39, 0.29) is 30.8 Å². The number of aromatic hydroxyl groups is 1. The Labute approximate surface area is 326 Å².